The number of hydrogen-bond acceptors (Lipinski definition) is 2. The van der Waals surface area contributed by atoms with E-state index < -0.39 is 22.8 Å². The molecule has 0 bridgehead atoms. The Bertz CT molecular complexity index is 339. The quantitative estimate of drug-likeness (QED) is 0.463. The van der Waals surface area contributed by atoms with Gasteiger partial charge in [0.1, 0.15) is 0 Å². The summed E-state index contributed by atoms with van der Waals surface area (Å²) in [6.45, 7) is 7.90. The standard InChI is InChI=1S/C18H34O4/c1-5-11-18(12-6-2,16(21)22)14-10-9-13-17(7-3,8-4)15(19)20/h5-14H2,1-4H3,(H,19,20)(H,21,22). The van der Waals surface area contributed by atoms with Crippen molar-refractivity contribution in [1.29, 1.82) is 0 Å². The largest absolute Gasteiger partial charge is 0.481 e. The van der Waals surface area contributed by atoms with Crippen LogP contribution >= 0.6 is 0 Å². The van der Waals surface area contributed by atoms with Crippen LogP contribution in [0.25, 0.3) is 0 Å². The van der Waals surface area contributed by atoms with Gasteiger partial charge in [-0.3, -0.25) is 9.59 Å². The molecule has 0 saturated carbocycles. The van der Waals surface area contributed by atoms with Gasteiger partial charge in [-0.15, -0.1) is 0 Å². The lowest BCUT2D eigenvalue weighted by molar-refractivity contribution is -0.152. The van der Waals surface area contributed by atoms with Gasteiger partial charge in [0, 0.05) is 0 Å². The highest BCUT2D eigenvalue weighted by atomic mass is 16.4. The molecule has 0 fully saturated rings. The number of rotatable bonds is 13. The Morgan fingerprint density at radius 2 is 1.05 bits per heavy atom. The number of hydrogen-bond donors (Lipinski definition) is 2. The Morgan fingerprint density at radius 3 is 1.32 bits per heavy atom. The minimum Gasteiger partial charge on any atom is -0.481 e. The SMILES string of the molecule is CCCC(CCC)(CCCCC(CC)(CC)C(=O)O)C(=O)O. The third-order valence-corrected chi connectivity index (χ3v) is 5.28. The fourth-order valence-electron chi connectivity index (χ4n) is 3.59. The number of carboxylic acid groups (broad SMARTS) is 2. The minimum absolute atomic E-state index is 0.617. The molecular formula is C18H34O4. The second-order valence-corrected chi connectivity index (χ2v) is 6.59. The zero-order chi connectivity index (χ0) is 17.2. The van der Waals surface area contributed by atoms with Crippen LogP contribution < -0.4 is 0 Å². The van der Waals surface area contributed by atoms with Crippen molar-refractivity contribution in [3.63, 3.8) is 0 Å². The van der Waals surface area contributed by atoms with E-state index in [9.17, 15) is 19.8 Å². The van der Waals surface area contributed by atoms with Crippen LogP contribution in [0, 0.1) is 10.8 Å². The summed E-state index contributed by atoms with van der Waals surface area (Å²) in [5, 5.41) is 19.1. The summed E-state index contributed by atoms with van der Waals surface area (Å²) in [5.41, 5.74) is -1.25. The Morgan fingerprint density at radius 1 is 0.682 bits per heavy atom. The Kier molecular flexibility index (Phi) is 9.38. The van der Waals surface area contributed by atoms with E-state index >= 15 is 0 Å². The van der Waals surface area contributed by atoms with Gasteiger partial charge in [0.25, 0.3) is 0 Å². The summed E-state index contributed by atoms with van der Waals surface area (Å²) < 4.78 is 0. The van der Waals surface area contributed by atoms with Crippen molar-refractivity contribution in [3.8, 4) is 0 Å². The maximum absolute atomic E-state index is 11.7. The minimum atomic E-state index is -0.718. The fourth-order valence-corrected chi connectivity index (χ4v) is 3.59. The fraction of sp³-hybridized carbons (Fsp3) is 0.889. The first kappa shape index (κ1) is 20.9. The average Bonchev–Trinajstić information content (AvgIpc) is 2.47. The molecule has 0 aromatic rings. The lowest BCUT2D eigenvalue weighted by atomic mass is 9.73. The molecule has 0 aliphatic carbocycles. The lowest BCUT2D eigenvalue weighted by Crippen LogP contribution is -2.32. The molecule has 0 unspecified atom stereocenters. The van der Waals surface area contributed by atoms with Gasteiger partial charge in [-0.25, -0.2) is 0 Å². The third kappa shape index (κ3) is 5.29. The van der Waals surface area contributed by atoms with Gasteiger partial charge in [-0.1, -0.05) is 53.4 Å². The highest BCUT2D eigenvalue weighted by Crippen LogP contribution is 2.38. The molecule has 0 aliphatic rings. The number of carbonyl (C=O) groups is 2. The molecule has 2 N–H and O–H groups in total. The number of unbranched alkanes of at least 4 members (excludes halogenated alkanes) is 1. The molecule has 22 heavy (non-hydrogen) atoms. The first-order valence-corrected chi connectivity index (χ1v) is 8.81. The van der Waals surface area contributed by atoms with Crippen LogP contribution in [-0.4, -0.2) is 22.2 Å². The molecule has 0 aromatic heterocycles. The molecule has 0 rings (SSSR count). The molecule has 0 saturated heterocycles. The Balaban J connectivity index is 4.68. The van der Waals surface area contributed by atoms with Crippen molar-refractivity contribution >= 4 is 11.9 Å². The van der Waals surface area contributed by atoms with Crippen LogP contribution in [0.4, 0.5) is 0 Å². The summed E-state index contributed by atoms with van der Waals surface area (Å²) >= 11 is 0. The van der Waals surface area contributed by atoms with E-state index in [-0.39, 0.29) is 0 Å². The molecule has 0 spiro atoms. The molecule has 0 atom stereocenters. The molecule has 0 aromatic carbocycles. The summed E-state index contributed by atoms with van der Waals surface area (Å²) in [7, 11) is 0. The Hall–Kier alpha value is -1.06. The van der Waals surface area contributed by atoms with Gasteiger partial charge >= 0.3 is 11.9 Å². The summed E-state index contributed by atoms with van der Waals surface area (Å²) in [6.07, 6.45) is 7.31. The average molecular weight is 314 g/mol. The summed E-state index contributed by atoms with van der Waals surface area (Å²) in [6, 6.07) is 0. The maximum atomic E-state index is 11.7. The van der Waals surface area contributed by atoms with Crippen LogP contribution in [-0.2, 0) is 9.59 Å². The van der Waals surface area contributed by atoms with Crippen LogP contribution in [0.1, 0.15) is 91.9 Å². The number of aliphatic carboxylic acids is 2. The molecule has 4 nitrogen and oxygen atoms in total. The van der Waals surface area contributed by atoms with Crippen LogP contribution in [0.3, 0.4) is 0 Å². The van der Waals surface area contributed by atoms with E-state index in [1.165, 1.54) is 0 Å². The second-order valence-electron chi connectivity index (χ2n) is 6.59. The zero-order valence-electron chi connectivity index (χ0n) is 14.8. The zero-order valence-corrected chi connectivity index (χ0v) is 14.8. The summed E-state index contributed by atoms with van der Waals surface area (Å²) in [4.78, 5) is 23.2. The van der Waals surface area contributed by atoms with Crippen LogP contribution in [0.5, 0.6) is 0 Å². The van der Waals surface area contributed by atoms with Crippen molar-refractivity contribution in [1.82, 2.24) is 0 Å². The van der Waals surface area contributed by atoms with Crippen molar-refractivity contribution in [3.05, 3.63) is 0 Å². The normalized spacial score (nSPS) is 12.4. The van der Waals surface area contributed by atoms with E-state index in [1.54, 1.807) is 0 Å². The molecule has 0 amide bonds. The Labute approximate surface area is 135 Å². The molecule has 0 radical (unpaired) electrons. The van der Waals surface area contributed by atoms with Crippen molar-refractivity contribution < 1.29 is 19.8 Å². The van der Waals surface area contributed by atoms with Crippen molar-refractivity contribution in [2.75, 3.05) is 0 Å². The van der Waals surface area contributed by atoms with E-state index in [0.29, 0.717) is 38.5 Å². The highest BCUT2D eigenvalue weighted by molar-refractivity contribution is 5.75. The van der Waals surface area contributed by atoms with Gasteiger partial charge in [0.05, 0.1) is 10.8 Å². The van der Waals surface area contributed by atoms with Crippen LogP contribution in [0.15, 0.2) is 0 Å². The molecular weight excluding hydrogens is 280 g/mol. The van der Waals surface area contributed by atoms with Crippen LogP contribution in [0.2, 0.25) is 0 Å². The molecule has 130 valence electrons. The second kappa shape index (κ2) is 9.86. The van der Waals surface area contributed by atoms with Crippen molar-refractivity contribution in [2.45, 2.75) is 91.9 Å². The van der Waals surface area contributed by atoms with Crippen molar-refractivity contribution in [2.24, 2.45) is 10.8 Å². The highest BCUT2D eigenvalue weighted by Gasteiger charge is 2.37. The van der Waals surface area contributed by atoms with E-state index in [2.05, 4.69) is 0 Å². The maximum Gasteiger partial charge on any atom is 0.309 e. The van der Waals surface area contributed by atoms with Gasteiger partial charge in [0.15, 0.2) is 0 Å². The van der Waals surface area contributed by atoms with Gasteiger partial charge in [0.2, 0.25) is 0 Å². The van der Waals surface area contributed by atoms with Gasteiger partial charge in [-0.05, 0) is 38.5 Å². The topological polar surface area (TPSA) is 74.6 Å². The third-order valence-electron chi connectivity index (χ3n) is 5.28. The lowest BCUT2D eigenvalue weighted by Gasteiger charge is -2.30. The summed E-state index contributed by atoms with van der Waals surface area (Å²) in [5.74, 6) is -1.41. The predicted octanol–water partition coefficient (Wildman–Crippen LogP) is 5.11. The first-order chi connectivity index (χ1) is 10.3. The van der Waals surface area contributed by atoms with E-state index in [1.807, 2.05) is 27.7 Å². The molecule has 0 aliphatic heterocycles. The van der Waals surface area contributed by atoms with Gasteiger partial charge < -0.3 is 10.2 Å². The van der Waals surface area contributed by atoms with E-state index in [0.717, 1.165) is 25.7 Å². The van der Waals surface area contributed by atoms with Gasteiger partial charge in [-0.2, -0.15) is 0 Å². The smallest absolute Gasteiger partial charge is 0.309 e. The number of carboxylic acids is 2. The first-order valence-electron chi connectivity index (χ1n) is 8.81. The molecule has 0 heterocycles. The predicted molar refractivity (Wildman–Crippen MR) is 89.0 cm³/mol. The molecule has 4 heteroatoms. The van der Waals surface area contributed by atoms with E-state index in [4.69, 9.17) is 0 Å². The monoisotopic (exact) mass is 314 g/mol.